The lowest BCUT2D eigenvalue weighted by molar-refractivity contribution is -0.131. The van der Waals surface area contributed by atoms with Crippen LogP contribution in [0.5, 0.6) is 0 Å². The maximum absolute atomic E-state index is 12.2. The number of benzene rings is 1. The van der Waals surface area contributed by atoms with Gasteiger partial charge in [-0.2, -0.15) is 0 Å². The summed E-state index contributed by atoms with van der Waals surface area (Å²) in [6.07, 6.45) is 2.82. The number of hydrogen-bond acceptors (Lipinski definition) is 4. The van der Waals surface area contributed by atoms with E-state index in [9.17, 15) is 9.59 Å². The Labute approximate surface area is 134 Å². The molecule has 1 saturated heterocycles. The molecule has 1 atom stereocenters. The van der Waals surface area contributed by atoms with Crippen molar-refractivity contribution in [3.8, 4) is 0 Å². The minimum atomic E-state index is -0.224. The Hall–Kier alpha value is -2.21. The third-order valence-electron chi connectivity index (χ3n) is 4.17. The molecule has 23 heavy (non-hydrogen) atoms. The minimum absolute atomic E-state index is 0.00913. The molecule has 2 aromatic rings. The van der Waals surface area contributed by atoms with E-state index in [1.807, 2.05) is 24.3 Å². The summed E-state index contributed by atoms with van der Waals surface area (Å²) >= 11 is 0. The summed E-state index contributed by atoms with van der Waals surface area (Å²) in [5.41, 5.74) is 1.63. The normalized spacial score (nSPS) is 17.5. The van der Waals surface area contributed by atoms with Gasteiger partial charge in [0.05, 0.1) is 17.1 Å². The fraction of sp³-hybridized carbons (Fsp3) is 0.471. The van der Waals surface area contributed by atoms with Gasteiger partial charge in [0.15, 0.2) is 0 Å². The summed E-state index contributed by atoms with van der Waals surface area (Å²) in [4.78, 5) is 33.1. The number of aryl methyl sites for hydroxylation is 1. The molecule has 0 spiro atoms. The molecule has 1 N–H and O–H groups in total. The van der Waals surface area contributed by atoms with Gasteiger partial charge >= 0.3 is 0 Å². The molecule has 1 aromatic heterocycles. The van der Waals surface area contributed by atoms with Gasteiger partial charge in [-0.3, -0.25) is 9.59 Å². The Morgan fingerprint density at radius 2 is 2.26 bits per heavy atom. The predicted octanol–water partition coefficient (Wildman–Crippen LogP) is 1.49. The molecule has 1 unspecified atom stereocenters. The molecule has 0 saturated carbocycles. The molecule has 122 valence electrons. The van der Waals surface area contributed by atoms with Gasteiger partial charge in [-0.1, -0.05) is 12.1 Å². The van der Waals surface area contributed by atoms with Crippen LogP contribution < -0.4 is 5.56 Å². The second kappa shape index (κ2) is 6.91. The number of H-pyrrole nitrogens is 1. The van der Waals surface area contributed by atoms with E-state index in [0.29, 0.717) is 24.2 Å². The van der Waals surface area contributed by atoms with Crippen molar-refractivity contribution in [2.24, 2.45) is 0 Å². The molecule has 6 nitrogen and oxygen atoms in total. The topological polar surface area (TPSA) is 75.3 Å². The Morgan fingerprint density at radius 1 is 1.43 bits per heavy atom. The summed E-state index contributed by atoms with van der Waals surface area (Å²) in [5.74, 6) is 0.00913. The second-order valence-electron chi connectivity index (χ2n) is 5.94. The summed E-state index contributed by atoms with van der Waals surface area (Å²) in [5, 5.41) is 0. The molecular weight excluding hydrogens is 294 g/mol. The van der Waals surface area contributed by atoms with E-state index in [1.54, 1.807) is 11.9 Å². The highest BCUT2D eigenvalue weighted by Crippen LogP contribution is 2.13. The summed E-state index contributed by atoms with van der Waals surface area (Å²) in [7, 11) is 1.78. The first-order valence-electron chi connectivity index (χ1n) is 7.97. The lowest BCUT2D eigenvalue weighted by atomic mass is 10.2. The molecule has 3 rings (SSSR count). The van der Waals surface area contributed by atoms with Crippen molar-refractivity contribution in [2.75, 3.05) is 20.2 Å². The number of rotatable bonds is 5. The van der Waals surface area contributed by atoms with Crippen molar-refractivity contribution < 1.29 is 9.53 Å². The van der Waals surface area contributed by atoms with Crippen LogP contribution in [0, 0.1) is 0 Å². The molecular formula is C17H21N3O3. The summed E-state index contributed by atoms with van der Waals surface area (Å²) < 4.78 is 5.54. The van der Waals surface area contributed by atoms with Gasteiger partial charge in [0, 0.05) is 33.0 Å². The first-order chi connectivity index (χ1) is 11.1. The maximum atomic E-state index is 12.2. The zero-order chi connectivity index (χ0) is 16.2. The summed E-state index contributed by atoms with van der Waals surface area (Å²) in [6.45, 7) is 1.39. The van der Waals surface area contributed by atoms with Crippen LogP contribution in [0.2, 0.25) is 0 Å². The van der Waals surface area contributed by atoms with Gasteiger partial charge < -0.3 is 14.6 Å². The van der Waals surface area contributed by atoms with E-state index in [1.165, 1.54) is 0 Å². The number of carbonyl (C=O) groups is 1. The van der Waals surface area contributed by atoms with Crippen LogP contribution in [0.15, 0.2) is 29.1 Å². The van der Waals surface area contributed by atoms with Gasteiger partial charge in [-0.05, 0) is 25.0 Å². The zero-order valence-electron chi connectivity index (χ0n) is 13.2. The molecule has 1 fully saturated rings. The van der Waals surface area contributed by atoms with E-state index < -0.39 is 0 Å². The van der Waals surface area contributed by atoms with Crippen LogP contribution in [0.3, 0.4) is 0 Å². The lowest BCUT2D eigenvalue weighted by Gasteiger charge is -2.20. The first kappa shape index (κ1) is 15.7. The van der Waals surface area contributed by atoms with Gasteiger partial charge in [-0.25, -0.2) is 4.98 Å². The van der Waals surface area contributed by atoms with Crippen LogP contribution in [-0.2, 0) is 16.0 Å². The molecule has 2 heterocycles. The first-order valence-corrected chi connectivity index (χ1v) is 7.97. The third-order valence-corrected chi connectivity index (χ3v) is 4.17. The predicted molar refractivity (Wildman–Crippen MR) is 87.3 cm³/mol. The number of aromatic amines is 1. The number of carbonyl (C=O) groups excluding carboxylic acids is 1. The number of likely N-dealkylation sites (N-methyl/N-ethyl adjacent to an activating group) is 1. The fourth-order valence-electron chi connectivity index (χ4n) is 2.85. The molecule has 0 aliphatic carbocycles. The largest absolute Gasteiger partial charge is 0.376 e. The second-order valence-corrected chi connectivity index (χ2v) is 5.94. The SMILES string of the molecule is CN(CC1CCCO1)C(=O)CCc1nc2ccccc2[nH]c1=O. The van der Waals surface area contributed by atoms with E-state index in [2.05, 4.69) is 9.97 Å². The number of ether oxygens (including phenoxy) is 1. The maximum Gasteiger partial charge on any atom is 0.270 e. The minimum Gasteiger partial charge on any atom is -0.376 e. The van der Waals surface area contributed by atoms with Crippen LogP contribution >= 0.6 is 0 Å². The molecule has 1 aliphatic rings. The van der Waals surface area contributed by atoms with Crippen molar-refractivity contribution in [1.29, 1.82) is 0 Å². The highest BCUT2D eigenvalue weighted by Gasteiger charge is 2.20. The number of nitrogens with one attached hydrogen (secondary N) is 1. The van der Waals surface area contributed by atoms with Crippen LogP contribution in [0.25, 0.3) is 11.0 Å². The number of aromatic nitrogens is 2. The molecule has 1 amide bonds. The third kappa shape index (κ3) is 3.76. The van der Waals surface area contributed by atoms with Gasteiger partial charge in [0.2, 0.25) is 5.91 Å². The van der Waals surface area contributed by atoms with Crippen molar-refractivity contribution in [1.82, 2.24) is 14.9 Å². The lowest BCUT2D eigenvalue weighted by Crippen LogP contribution is -2.34. The van der Waals surface area contributed by atoms with Gasteiger partial charge in [0.25, 0.3) is 5.56 Å². The average molecular weight is 315 g/mol. The van der Waals surface area contributed by atoms with E-state index in [4.69, 9.17) is 4.74 Å². The van der Waals surface area contributed by atoms with Crippen molar-refractivity contribution in [3.63, 3.8) is 0 Å². The van der Waals surface area contributed by atoms with Crippen molar-refractivity contribution in [3.05, 3.63) is 40.3 Å². The van der Waals surface area contributed by atoms with Gasteiger partial charge in [-0.15, -0.1) is 0 Å². The number of nitrogens with zero attached hydrogens (tertiary/aromatic N) is 2. The zero-order valence-corrected chi connectivity index (χ0v) is 13.2. The molecule has 6 heteroatoms. The molecule has 0 bridgehead atoms. The number of hydrogen-bond donors (Lipinski definition) is 1. The quantitative estimate of drug-likeness (QED) is 0.907. The molecule has 0 radical (unpaired) electrons. The van der Waals surface area contributed by atoms with E-state index >= 15 is 0 Å². The van der Waals surface area contributed by atoms with Crippen molar-refractivity contribution in [2.45, 2.75) is 31.8 Å². The average Bonchev–Trinajstić information content (AvgIpc) is 3.05. The Balaban J connectivity index is 1.62. The standard InChI is InChI=1S/C17H21N3O3/c1-20(11-12-5-4-10-23-12)16(21)9-8-15-17(22)19-14-7-3-2-6-13(14)18-15/h2-3,6-7,12H,4-5,8-11H2,1H3,(H,19,22). The summed E-state index contributed by atoms with van der Waals surface area (Å²) in [6, 6.07) is 7.38. The molecule has 1 aromatic carbocycles. The van der Waals surface area contributed by atoms with Gasteiger partial charge in [0.1, 0.15) is 5.69 Å². The van der Waals surface area contributed by atoms with Crippen LogP contribution in [-0.4, -0.2) is 47.1 Å². The highest BCUT2D eigenvalue weighted by atomic mass is 16.5. The van der Waals surface area contributed by atoms with E-state index in [0.717, 1.165) is 25.0 Å². The Kier molecular flexibility index (Phi) is 4.71. The highest BCUT2D eigenvalue weighted by molar-refractivity contribution is 5.76. The Morgan fingerprint density at radius 3 is 3.04 bits per heavy atom. The number of fused-ring (bicyclic) bond motifs is 1. The van der Waals surface area contributed by atoms with Crippen LogP contribution in [0.1, 0.15) is 25.0 Å². The molecule has 1 aliphatic heterocycles. The van der Waals surface area contributed by atoms with Crippen molar-refractivity contribution >= 4 is 16.9 Å². The van der Waals surface area contributed by atoms with Crippen LogP contribution in [0.4, 0.5) is 0 Å². The van der Waals surface area contributed by atoms with E-state index in [-0.39, 0.29) is 24.0 Å². The number of para-hydroxylation sites is 2. The monoisotopic (exact) mass is 315 g/mol. The smallest absolute Gasteiger partial charge is 0.270 e. The number of amides is 1. The fourth-order valence-corrected chi connectivity index (χ4v) is 2.85. The Bertz CT molecular complexity index is 750.